The van der Waals surface area contributed by atoms with E-state index in [-0.39, 0.29) is 6.03 Å². The minimum absolute atomic E-state index is 0.218. The van der Waals surface area contributed by atoms with Crippen LogP contribution < -0.4 is 0 Å². The van der Waals surface area contributed by atoms with Crippen molar-refractivity contribution >= 4 is 6.03 Å². The summed E-state index contributed by atoms with van der Waals surface area (Å²) in [5.41, 5.74) is 0. The van der Waals surface area contributed by atoms with Crippen molar-refractivity contribution in [3.05, 3.63) is 0 Å². The number of piperidine rings is 1. The Morgan fingerprint density at radius 3 is 2.40 bits per heavy atom. The molecule has 88 valence electrons. The molecule has 1 aliphatic rings. The molecule has 15 heavy (non-hydrogen) atoms. The molecule has 2 amide bonds. The molecule has 3 nitrogen and oxygen atoms in total. The molecular formula is C12H24N2O. The molecule has 0 aromatic rings. The highest BCUT2D eigenvalue weighted by Gasteiger charge is 2.19. The molecule has 0 N–H and O–H groups in total. The molecule has 1 heterocycles. The van der Waals surface area contributed by atoms with E-state index in [1.807, 2.05) is 16.8 Å². The van der Waals surface area contributed by atoms with Crippen LogP contribution in [0, 0.1) is 5.92 Å². The fraction of sp³-hybridized carbons (Fsp3) is 0.917. The minimum Gasteiger partial charge on any atom is -0.328 e. The summed E-state index contributed by atoms with van der Waals surface area (Å²) in [5, 5.41) is 0. The van der Waals surface area contributed by atoms with Gasteiger partial charge in [0.25, 0.3) is 0 Å². The molecule has 0 radical (unpaired) electrons. The van der Waals surface area contributed by atoms with Gasteiger partial charge in [0.1, 0.15) is 0 Å². The Hall–Kier alpha value is -0.730. The molecule has 1 aliphatic heterocycles. The van der Waals surface area contributed by atoms with Crippen LogP contribution in [-0.4, -0.2) is 42.5 Å². The van der Waals surface area contributed by atoms with Crippen molar-refractivity contribution in [2.45, 2.75) is 39.5 Å². The third-order valence-electron chi connectivity index (χ3n) is 2.99. The number of amides is 2. The second kappa shape index (κ2) is 5.99. The van der Waals surface area contributed by atoms with Crippen LogP contribution in [0.3, 0.4) is 0 Å². The van der Waals surface area contributed by atoms with Crippen LogP contribution in [0.2, 0.25) is 0 Å². The van der Waals surface area contributed by atoms with E-state index in [0.29, 0.717) is 5.92 Å². The van der Waals surface area contributed by atoms with Crippen LogP contribution >= 0.6 is 0 Å². The minimum atomic E-state index is 0.218. The zero-order chi connectivity index (χ0) is 11.3. The molecule has 3 heteroatoms. The Labute approximate surface area is 93.4 Å². The number of hydrogen-bond acceptors (Lipinski definition) is 1. The van der Waals surface area contributed by atoms with Gasteiger partial charge in [-0.1, -0.05) is 13.8 Å². The summed E-state index contributed by atoms with van der Waals surface area (Å²) in [4.78, 5) is 15.8. The highest BCUT2D eigenvalue weighted by atomic mass is 16.2. The molecule has 0 aromatic heterocycles. The van der Waals surface area contributed by atoms with Gasteiger partial charge in [0, 0.05) is 26.7 Å². The fourth-order valence-corrected chi connectivity index (χ4v) is 1.87. The van der Waals surface area contributed by atoms with Gasteiger partial charge in [-0.25, -0.2) is 4.79 Å². The third kappa shape index (κ3) is 4.10. The monoisotopic (exact) mass is 212 g/mol. The van der Waals surface area contributed by atoms with Crippen molar-refractivity contribution in [1.29, 1.82) is 0 Å². The maximum absolute atomic E-state index is 12.0. The van der Waals surface area contributed by atoms with Crippen molar-refractivity contribution in [1.82, 2.24) is 9.80 Å². The molecule has 1 saturated heterocycles. The first-order valence-corrected chi connectivity index (χ1v) is 6.11. The highest BCUT2D eigenvalue weighted by molar-refractivity contribution is 5.74. The Morgan fingerprint density at radius 2 is 1.87 bits per heavy atom. The number of likely N-dealkylation sites (tertiary alicyclic amines) is 1. The zero-order valence-electron chi connectivity index (χ0n) is 10.3. The largest absolute Gasteiger partial charge is 0.328 e. The number of hydrogen-bond donors (Lipinski definition) is 0. The molecule has 0 saturated carbocycles. The third-order valence-corrected chi connectivity index (χ3v) is 2.99. The Bertz CT molecular complexity index is 198. The quantitative estimate of drug-likeness (QED) is 0.705. The van der Waals surface area contributed by atoms with E-state index in [1.165, 1.54) is 19.3 Å². The molecule has 0 bridgehead atoms. The Morgan fingerprint density at radius 1 is 1.27 bits per heavy atom. The zero-order valence-corrected chi connectivity index (χ0v) is 10.3. The van der Waals surface area contributed by atoms with E-state index in [4.69, 9.17) is 0 Å². The molecule has 0 atom stereocenters. The van der Waals surface area contributed by atoms with E-state index in [0.717, 1.165) is 26.1 Å². The van der Waals surface area contributed by atoms with Crippen molar-refractivity contribution < 1.29 is 4.79 Å². The lowest BCUT2D eigenvalue weighted by molar-refractivity contribution is 0.151. The number of rotatable bonds is 3. The number of carbonyl (C=O) groups is 1. The van der Waals surface area contributed by atoms with Crippen molar-refractivity contribution in [2.24, 2.45) is 5.92 Å². The predicted molar refractivity (Wildman–Crippen MR) is 62.9 cm³/mol. The van der Waals surface area contributed by atoms with E-state index in [9.17, 15) is 4.79 Å². The Balaban J connectivity index is 2.30. The molecule has 0 aromatic carbocycles. The summed E-state index contributed by atoms with van der Waals surface area (Å²) in [6, 6.07) is 0.218. The summed E-state index contributed by atoms with van der Waals surface area (Å²) in [5.74, 6) is 0.668. The van der Waals surface area contributed by atoms with E-state index in [1.54, 1.807) is 0 Å². The topological polar surface area (TPSA) is 23.6 Å². The van der Waals surface area contributed by atoms with Crippen molar-refractivity contribution in [2.75, 3.05) is 26.7 Å². The smallest absolute Gasteiger partial charge is 0.319 e. The van der Waals surface area contributed by atoms with Crippen LogP contribution in [0.5, 0.6) is 0 Å². The molecule has 1 fully saturated rings. The second-order valence-electron chi connectivity index (χ2n) is 4.93. The number of urea groups is 1. The summed E-state index contributed by atoms with van der Waals surface area (Å²) >= 11 is 0. The molecule has 0 spiro atoms. The predicted octanol–water partition coefficient (Wildman–Crippen LogP) is 2.57. The molecule has 0 aliphatic carbocycles. The molecular weight excluding hydrogens is 188 g/mol. The van der Waals surface area contributed by atoms with Crippen molar-refractivity contribution in [3.8, 4) is 0 Å². The van der Waals surface area contributed by atoms with Crippen LogP contribution in [0.1, 0.15) is 39.5 Å². The first-order valence-electron chi connectivity index (χ1n) is 6.11. The lowest BCUT2D eigenvalue weighted by atomic mass is 10.1. The first-order chi connectivity index (χ1) is 7.11. The van der Waals surface area contributed by atoms with Gasteiger partial charge in [0.15, 0.2) is 0 Å². The SMILES string of the molecule is CC(C)CCN(C)C(=O)N1CCCCC1. The highest BCUT2D eigenvalue weighted by Crippen LogP contribution is 2.11. The van der Waals surface area contributed by atoms with E-state index in [2.05, 4.69) is 13.8 Å². The van der Waals surface area contributed by atoms with Gasteiger partial charge in [0.2, 0.25) is 0 Å². The standard InChI is InChI=1S/C12H24N2O/c1-11(2)7-10-13(3)12(15)14-8-5-4-6-9-14/h11H,4-10H2,1-3H3. The van der Waals surface area contributed by atoms with Crippen LogP contribution in [0.4, 0.5) is 4.79 Å². The van der Waals surface area contributed by atoms with Gasteiger partial charge < -0.3 is 9.80 Å². The van der Waals surface area contributed by atoms with Gasteiger partial charge in [-0.05, 0) is 31.6 Å². The normalized spacial score (nSPS) is 16.9. The summed E-state index contributed by atoms with van der Waals surface area (Å²) < 4.78 is 0. The Kier molecular flexibility index (Phi) is 4.92. The summed E-state index contributed by atoms with van der Waals surface area (Å²) in [6.07, 6.45) is 4.71. The average molecular weight is 212 g/mol. The van der Waals surface area contributed by atoms with Crippen molar-refractivity contribution in [3.63, 3.8) is 0 Å². The lowest BCUT2D eigenvalue weighted by Crippen LogP contribution is -2.44. The van der Waals surface area contributed by atoms with Crippen LogP contribution in [0.25, 0.3) is 0 Å². The lowest BCUT2D eigenvalue weighted by Gasteiger charge is -2.31. The van der Waals surface area contributed by atoms with E-state index < -0.39 is 0 Å². The van der Waals surface area contributed by atoms with Gasteiger partial charge in [0.05, 0.1) is 0 Å². The van der Waals surface area contributed by atoms with Gasteiger partial charge in [-0.3, -0.25) is 0 Å². The average Bonchev–Trinajstić information content (AvgIpc) is 2.26. The second-order valence-corrected chi connectivity index (χ2v) is 4.93. The maximum atomic E-state index is 12.0. The maximum Gasteiger partial charge on any atom is 0.319 e. The van der Waals surface area contributed by atoms with Crippen LogP contribution in [0.15, 0.2) is 0 Å². The first kappa shape index (κ1) is 12.3. The fourth-order valence-electron chi connectivity index (χ4n) is 1.87. The summed E-state index contributed by atoms with van der Waals surface area (Å²) in [6.45, 7) is 7.17. The van der Waals surface area contributed by atoms with E-state index >= 15 is 0 Å². The van der Waals surface area contributed by atoms with Gasteiger partial charge in [-0.15, -0.1) is 0 Å². The number of carbonyl (C=O) groups excluding carboxylic acids is 1. The van der Waals surface area contributed by atoms with Crippen LogP contribution in [-0.2, 0) is 0 Å². The summed E-state index contributed by atoms with van der Waals surface area (Å²) in [7, 11) is 1.92. The molecule has 0 unspecified atom stereocenters. The molecule has 1 rings (SSSR count). The van der Waals surface area contributed by atoms with Gasteiger partial charge >= 0.3 is 6.03 Å². The van der Waals surface area contributed by atoms with Gasteiger partial charge in [-0.2, -0.15) is 0 Å². The number of nitrogens with zero attached hydrogens (tertiary/aromatic N) is 2.